The molecule has 1 aromatic carbocycles. The van der Waals surface area contributed by atoms with Gasteiger partial charge in [0.15, 0.2) is 0 Å². The smallest absolute Gasteiger partial charge is 0.0922 e. The number of hydrogen-bond donors (Lipinski definition) is 2. The van der Waals surface area contributed by atoms with Crippen molar-refractivity contribution < 1.29 is 5.11 Å². The highest BCUT2D eigenvalue weighted by atomic mass is 32.1. The molecule has 0 radical (unpaired) electrons. The van der Waals surface area contributed by atoms with Gasteiger partial charge in [-0.3, -0.25) is 0 Å². The molecule has 106 valence electrons. The standard InChI is InChI=1S/C17H21NOS/c19-17(15-8-9-20-12-15)11-18-10-14-6-3-5-13-4-1-2-7-16(13)14/h1-2,4,7-9,12,14,17-19H,3,5-6,10-11H2. The van der Waals surface area contributed by atoms with Crippen LogP contribution in [0.15, 0.2) is 41.1 Å². The Kier molecular flexibility index (Phi) is 4.51. The maximum Gasteiger partial charge on any atom is 0.0922 e. The zero-order valence-corrected chi connectivity index (χ0v) is 12.4. The van der Waals surface area contributed by atoms with Crippen molar-refractivity contribution in [1.82, 2.24) is 5.32 Å². The molecule has 1 aliphatic rings. The van der Waals surface area contributed by atoms with Gasteiger partial charge in [0.25, 0.3) is 0 Å². The molecule has 1 heterocycles. The van der Waals surface area contributed by atoms with Crippen molar-refractivity contribution >= 4 is 11.3 Å². The van der Waals surface area contributed by atoms with E-state index >= 15 is 0 Å². The van der Waals surface area contributed by atoms with Crippen LogP contribution in [0.5, 0.6) is 0 Å². The molecular weight excluding hydrogens is 266 g/mol. The van der Waals surface area contributed by atoms with Gasteiger partial charge >= 0.3 is 0 Å². The van der Waals surface area contributed by atoms with Crippen molar-refractivity contribution in [3.8, 4) is 0 Å². The van der Waals surface area contributed by atoms with E-state index in [0.717, 1.165) is 12.1 Å². The van der Waals surface area contributed by atoms with Crippen molar-refractivity contribution in [3.63, 3.8) is 0 Å². The quantitative estimate of drug-likeness (QED) is 0.882. The highest BCUT2D eigenvalue weighted by Gasteiger charge is 2.19. The van der Waals surface area contributed by atoms with Crippen LogP contribution in [0.25, 0.3) is 0 Å². The maximum atomic E-state index is 10.1. The molecular formula is C17H21NOS. The Morgan fingerprint density at radius 3 is 3.05 bits per heavy atom. The van der Waals surface area contributed by atoms with E-state index in [1.54, 1.807) is 11.3 Å². The molecule has 2 unspecified atom stereocenters. The minimum atomic E-state index is -0.389. The van der Waals surface area contributed by atoms with Crippen LogP contribution in [0, 0.1) is 0 Å². The number of nitrogens with one attached hydrogen (secondary N) is 1. The van der Waals surface area contributed by atoms with Gasteiger partial charge < -0.3 is 10.4 Å². The minimum Gasteiger partial charge on any atom is -0.387 e. The van der Waals surface area contributed by atoms with Gasteiger partial charge in [-0.15, -0.1) is 0 Å². The fourth-order valence-electron chi connectivity index (χ4n) is 3.04. The van der Waals surface area contributed by atoms with Gasteiger partial charge in [-0.25, -0.2) is 0 Å². The first kappa shape index (κ1) is 13.8. The van der Waals surface area contributed by atoms with E-state index in [-0.39, 0.29) is 6.10 Å². The van der Waals surface area contributed by atoms with Gasteiger partial charge in [0.1, 0.15) is 0 Å². The summed E-state index contributed by atoms with van der Waals surface area (Å²) in [5, 5.41) is 17.5. The van der Waals surface area contributed by atoms with Crippen LogP contribution in [0.2, 0.25) is 0 Å². The first-order valence-electron chi connectivity index (χ1n) is 7.33. The third-order valence-electron chi connectivity index (χ3n) is 4.15. The van der Waals surface area contributed by atoms with E-state index in [1.165, 1.54) is 30.4 Å². The van der Waals surface area contributed by atoms with Crippen LogP contribution in [-0.4, -0.2) is 18.2 Å². The molecule has 1 aromatic heterocycles. The summed E-state index contributed by atoms with van der Waals surface area (Å²) in [6.07, 6.45) is 3.35. The Bertz CT molecular complexity index is 538. The molecule has 0 spiro atoms. The molecule has 20 heavy (non-hydrogen) atoms. The van der Waals surface area contributed by atoms with Gasteiger partial charge in [-0.1, -0.05) is 24.3 Å². The Morgan fingerprint density at radius 2 is 2.20 bits per heavy atom. The number of aryl methyl sites for hydroxylation is 1. The Labute approximate surface area is 124 Å². The number of thiophene rings is 1. The summed E-state index contributed by atoms with van der Waals surface area (Å²) in [5.41, 5.74) is 4.02. The molecule has 2 nitrogen and oxygen atoms in total. The second kappa shape index (κ2) is 6.53. The summed E-state index contributed by atoms with van der Waals surface area (Å²) in [7, 11) is 0. The lowest BCUT2D eigenvalue weighted by atomic mass is 9.83. The number of fused-ring (bicyclic) bond motifs is 1. The van der Waals surface area contributed by atoms with Crippen LogP contribution in [0.1, 0.15) is 41.6 Å². The molecule has 0 saturated heterocycles. The highest BCUT2D eigenvalue weighted by molar-refractivity contribution is 7.07. The van der Waals surface area contributed by atoms with Crippen LogP contribution >= 0.6 is 11.3 Å². The van der Waals surface area contributed by atoms with E-state index in [0.29, 0.717) is 12.5 Å². The summed E-state index contributed by atoms with van der Waals surface area (Å²) in [5.74, 6) is 0.592. The maximum absolute atomic E-state index is 10.1. The van der Waals surface area contributed by atoms with Crippen molar-refractivity contribution in [2.75, 3.05) is 13.1 Å². The SMILES string of the molecule is OC(CNCC1CCCc2ccccc21)c1ccsc1. The van der Waals surface area contributed by atoms with Crippen molar-refractivity contribution in [2.24, 2.45) is 0 Å². The van der Waals surface area contributed by atoms with E-state index in [1.807, 2.05) is 16.8 Å². The molecule has 0 fully saturated rings. The summed E-state index contributed by atoms with van der Waals surface area (Å²) < 4.78 is 0. The average molecular weight is 287 g/mol. The molecule has 0 bridgehead atoms. The topological polar surface area (TPSA) is 32.3 Å². The van der Waals surface area contributed by atoms with Gasteiger partial charge in [-0.05, 0) is 58.7 Å². The van der Waals surface area contributed by atoms with Crippen LogP contribution in [0.3, 0.4) is 0 Å². The Balaban J connectivity index is 1.55. The average Bonchev–Trinajstić information content (AvgIpc) is 3.02. The summed E-state index contributed by atoms with van der Waals surface area (Å²) in [6, 6.07) is 10.8. The monoisotopic (exact) mass is 287 g/mol. The molecule has 0 aliphatic heterocycles. The number of hydrogen-bond acceptors (Lipinski definition) is 3. The molecule has 2 aromatic rings. The number of rotatable bonds is 5. The molecule has 2 N–H and O–H groups in total. The molecule has 2 atom stereocenters. The third kappa shape index (κ3) is 3.11. The van der Waals surface area contributed by atoms with E-state index < -0.39 is 0 Å². The molecule has 0 amide bonds. The zero-order chi connectivity index (χ0) is 13.8. The first-order chi connectivity index (χ1) is 9.84. The second-order valence-corrected chi connectivity index (χ2v) is 6.30. The summed E-state index contributed by atoms with van der Waals surface area (Å²) in [6.45, 7) is 1.59. The fourth-order valence-corrected chi connectivity index (χ4v) is 3.75. The van der Waals surface area contributed by atoms with Crippen LogP contribution in [-0.2, 0) is 6.42 Å². The van der Waals surface area contributed by atoms with E-state index in [4.69, 9.17) is 0 Å². The van der Waals surface area contributed by atoms with E-state index in [2.05, 4.69) is 29.6 Å². The minimum absolute atomic E-state index is 0.389. The van der Waals surface area contributed by atoms with Gasteiger partial charge in [0.2, 0.25) is 0 Å². The normalized spacial score (nSPS) is 19.6. The Hall–Kier alpha value is -1.16. The lowest BCUT2D eigenvalue weighted by Gasteiger charge is -2.26. The largest absolute Gasteiger partial charge is 0.387 e. The predicted molar refractivity (Wildman–Crippen MR) is 84.3 cm³/mol. The number of aliphatic hydroxyl groups is 1. The molecule has 3 heteroatoms. The van der Waals surface area contributed by atoms with Crippen molar-refractivity contribution in [2.45, 2.75) is 31.3 Å². The fraction of sp³-hybridized carbons (Fsp3) is 0.412. The lowest BCUT2D eigenvalue weighted by Crippen LogP contribution is -2.28. The highest BCUT2D eigenvalue weighted by Crippen LogP contribution is 2.30. The summed E-state index contributed by atoms with van der Waals surface area (Å²) >= 11 is 1.63. The predicted octanol–water partition coefficient (Wildman–Crippen LogP) is 3.49. The summed E-state index contributed by atoms with van der Waals surface area (Å²) in [4.78, 5) is 0. The van der Waals surface area contributed by atoms with E-state index in [9.17, 15) is 5.11 Å². The molecule has 3 rings (SSSR count). The van der Waals surface area contributed by atoms with Crippen molar-refractivity contribution in [3.05, 3.63) is 57.8 Å². The number of benzene rings is 1. The van der Waals surface area contributed by atoms with Gasteiger partial charge in [0.05, 0.1) is 6.10 Å². The Morgan fingerprint density at radius 1 is 1.30 bits per heavy atom. The lowest BCUT2D eigenvalue weighted by molar-refractivity contribution is 0.174. The number of aliphatic hydroxyl groups excluding tert-OH is 1. The zero-order valence-electron chi connectivity index (χ0n) is 11.6. The van der Waals surface area contributed by atoms with Crippen LogP contribution in [0.4, 0.5) is 0 Å². The third-order valence-corrected chi connectivity index (χ3v) is 4.85. The molecule has 1 aliphatic carbocycles. The van der Waals surface area contributed by atoms with Gasteiger partial charge in [-0.2, -0.15) is 11.3 Å². The molecule has 0 saturated carbocycles. The van der Waals surface area contributed by atoms with Gasteiger partial charge in [0, 0.05) is 13.1 Å². The van der Waals surface area contributed by atoms with Crippen LogP contribution < -0.4 is 5.32 Å². The van der Waals surface area contributed by atoms with Crippen molar-refractivity contribution in [1.29, 1.82) is 0 Å². The first-order valence-corrected chi connectivity index (χ1v) is 8.27. The second-order valence-electron chi connectivity index (χ2n) is 5.52.